The van der Waals surface area contributed by atoms with Gasteiger partial charge >= 0.3 is 0 Å². The standard InChI is InChI=1S/C20H22BrN3O2/c1-11(2)17-10-24(4)18-14(17)7-13(21)8-15(18)19(25)23-9-16-12(3)5-6-22-20(16)26/h5-8,10-11H,9H2,1-4H3,(H,22,26)(H,23,25). The number of benzene rings is 1. The molecule has 0 bridgehead atoms. The van der Waals surface area contributed by atoms with Gasteiger partial charge in [0.2, 0.25) is 0 Å². The fourth-order valence-electron chi connectivity index (χ4n) is 3.27. The van der Waals surface area contributed by atoms with Crippen LogP contribution in [0.15, 0.2) is 39.9 Å². The third-order valence-electron chi connectivity index (χ3n) is 4.66. The van der Waals surface area contributed by atoms with Crippen LogP contribution in [0.2, 0.25) is 0 Å². The Labute approximate surface area is 160 Å². The van der Waals surface area contributed by atoms with E-state index in [0.29, 0.717) is 17.0 Å². The predicted octanol–water partition coefficient (Wildman–Crippen LogP) is 3.99. The highest BCUT2D eigenvalue weighted by Gasteiger charge is 2.18. The normalized spacial score (nSPS) is 11.3. The number of H-pyrrole nitrogens is 1. The molecule has 0 aliphatic carbocycles. The summed E-state index contributed by atoms with van der Waals surface area (Å²) in [6, 6.07) is 5.70. The number of halogens is 1. The van der Waals surface area contributed by atoms with E-state index in [1.165, 1.54) is 5.56 Å². The fraction of sp³-hybridized carbons (Fsp3) is 0.300. The molecule has 1 amide bonds. The monoisotopic (exact) mass is 415 g/mol. The average Bonchev–Trinajstić information content (AvgIpc) is 2.90. The Morgan fingerprint density at radius 2 is 2.08 bits per heavy atom. The number of aromatic nitrogens is 2. The van der Waals surface area contributed by atoms with Gasteiger partial charge in [-0.15, -0.1) is 0 Å². The molecule has 26 heavy (non-hydrogen) atoms. The van der Waals surface area contributed by atoms with E-state index >= 15 is 0 Å². The Morgan fingerprint density at radius 1 is 1.35 bits per heavy atom. The first-order chi connectivity index (χ1) is 12.3. The van der Waals surface area contributed by atoms with Crippen LogP contribution < -0.4 is 10.9 Å². The Bertz CT molecular complexity index is 1050. The molecule has 3 rings (SSSR count). The van der Waals surface area contributed by atoms with Crippen LogP contribution in [0.1, 0.15) is 46.8 Å². The van der Waals surface area contributed by atoms with E-state index < -0.39 is 0 Å². The van der Waals surface area contributed by atoms with Gasteiger partial charge in [-0.25, -0.2) is 0 Å². The third kappa shape index (κ3) is 3.33. The van der Waals surface area contributed by atoms with Gasteiger partial charge in [-0.3, -0.25) is 9.59 Å². The first-order valence-corrected chi connectivity index (χ1v) is 9.32. The van der Waals surface area contributed by atoms with Crippen molar-refractivity contribution in [1.82, 2.24) is 14.9 Å². The summed E-state index contributed by atoms with van der Waals surface area (Å²) in [7, 11) is 1.95. The Balaban J connectivity index is 2.00. The molecule has 0 radical (unpaired) electrons. The number of carbonyl (C=O) groups is 1. The van der Waals surface area contributed by atoms with Crippen LogP contribution in [-0.4, -0.2) is 15.5 Å². The molecule has 0 fully saturated rings. The van der Waals surface area contributed by atoms with E-state index in [-0.39, 0.29) is 18.0 Å². The van der Waals surface area contributed by atoms with Gasteiger partial charge in [-0.05, 0) is 42.2 Å². The first-order valence-electron chi connectivity index (χ1n) is 8.53. The fourth-order valence-corrected chi connectivity index (χ4v) is 3.73. The molecule has 2 heterocycles. The number of hydrogen-bond donors (Lipinski definition) is 2. The molecule has 5 nitrogen and oxygen atoms in total. The molecule has 6 heteroatoms. The van der Waals surface area contributed by atoms with Gasteiger partial charge in [-0.1, -0.05) is 29.8 Å². The van der Waals surface area contributed by atoms with Crippen molar-refractivity contribution in [2.75, 3.05) is 0 Å². The number of carbonyl (C=O) groups excluding carboxylic acids is 1. The largest absolute Gasteiger partial charge is 0.350 e. The molecule has 2 N–H and O–H groups in total. The summed E-state index contributed by atoms with van der Waals surface area (Å²) in [5, 5.41) is 3.95. The molecular weight excluding hydrogens is 394 g/mol. The van der Waals surface area contributed by atoms with Crippen LogP contribution in [0.5, 0.6) is 0 Å². The maximum absolute atomic E-state index is 12.9. The highest BCUT2D eigenvalue weighted by molar-refractivity contribution is 9.10. The van der Waals surface area contributed by atoms with Crippen molar-refractivity contribution in [3.05, 3.63) is 67.7 Å². The molecule has 0 unspecified atom stereocenters. The van der Waals surface area contributed by atoms with Crippen LogP contribution in [0.3, 0.4) is 0 Å². The minimum atomic E-state index is -0.199. The minimum absolute atomic E-state index is 0.175. The zero-order chi connectivity index (χ0) is 19.0. The van der Waals surface area contributed by atoms with Gasteiger partial charge in [0.1, 0.15) is 0 Å². The Kier molecular flexibility index (Phi) is 5.05. The number of nitrogens with zero attached hydrogens (tertiary/aromatic N) is 1. The quantitative estimate of drug-likeness (QED) is 0.676. The molecule has 2 aromatic heterocycles. The summed E-state index contributed by atoms with van der Waals surface area (Å²) in [5.74, 6) is 0.157. The summed E-state index contributed by atoms with van der Waals surface area (Å²) in [4.78, 5) is 27.5. The zero-order valence-electron chi connectivity index (χ0n) is 15.3. The number of rotatable bonds is 4. The van der Waals surface area contributed by atoms with Crippen LogP contribution in [0.4, 0.5) is 0 Å². The van der Waals surface area contributed by atoms with Crippen molar-refractivity contribution in [3.8, 4) is 0 Å². The summed E-state index contributed by atoms with van der Waals surface area (Å²) in [6.45, 7) is 6.33. The molecule has 0 spiro atoms. The lowest BCUT2D eigenvalue weighted by molar-refractivity contribution is 0.0952. The van der Waals surface area contributed by atoms with Gasteiger partial charge in [0.25, 0.3) is 11.5 Å². The SMILES string of the molecule is Cc1cc[nH]c(=O)c1CNC(=O)c1cc(Br)cc2c(C(C)C)cn(C)c12. The average molecular weight is 416 g/mol. The van der Waals surface area contributed by atoms with Crippen molar-refractivity contribution in [2.45, 2.75) is 33.2 Å². The van der Waals surface area contributed by atoms with Crippen molar-refractivity contribution < 1.29 is 4.79 Å². The first kappa shape index (κ1) is 18.5. The van der Waals surface area contributed by atoms with E-state index in [9.17, 15) is 9.59 Å². The topological polar surface area (TPSA) is 66.9 Å². The number of nitrogens with one attached hydrogen (secondary N) is 2. The second-order valence-corrected chi connectivity index (χ2v) is 7.77. The second kappa shape index (κ2) is 7.11. The van der Waals surface area contributed by atoms with Crippen LogP contribution in [0.25, 0.3) is 10.9 Å². The van der Waals surface area contributed by atoms with E-state index in [4.69, 9.17) is 0 Å². The van der Waals surface area contributed by atoms with E-state index in [1.54, 1.807) is 6.20 Å². The molecule has 136 valence electrons. The lowest BCUT2D eigenvalue weighted by Crippen LogP contribution is -2.27. The number of aryl methyl sites for hydroxylation is 2. The maximum Gasteiger partial charge on any atom is 0.253 e. The van der Waals surface area contributed by atoms with Crippen LogP contribution >= 0.6 is 15.9 Å². The molecular formula is C20H22BrN3O2. The summed E-state index contributed by atoms with van der Waals surface area (Å²) in [5.41, 5.74) is 3.94. The molecule has 0 saturated carbocycles. The number of aromatic amines is 1. The highest BCUT2D eigenvalue weighted by Crippen LogP contribution is 2.32. The van der Waals surface area contributed by atoms with Gasteiger partial charge in [0, 0.05) is 41.4 Å². The lowest BCUT2D eigenvalue weighted by atomic mass is 10.0. The van der Waals surface area contributed by atoms with Crippen LogP contribution in [-0.2, 0) is 13.6 Å². The molecule has 0 aliphatic heterocycles. The van der Waals surface area contributed by atoms with E-state index in [0.717, 1.165) is 20.9 Å². The van der Waals surface area contributed by atoms with Gasteiger partial charge in [0.15, 0.2) is 0 Å². The predicted molar refractivity (Wildman–Crippen MR) is 108 cm³/mol. The number of amides is 1. The zero-order valence-corrected chi connectivity index (χ0v) is 16.9. The summed E-state index contributed by atoms with van der Waals surface area (Å²) in [6.07, 6.45) is 3.68. The van der Waals surface area contributed by atoms with Crippen LogP contribution in [0, 0.1) is 6.92 Å². The van der Waals surface area contributed by atoms with Gasteiger partial charge in [-0.2, -0.15) is 0 Å². The smallest absolute Gasteiger partial charge is 0.253 e. The van der Waals surface area contributed by atoms with E-state index in [2.05, 4.69) is 46.3 Å². The highest BCUT2D eigenvalue weighted by atomic mass is 79.9. The molecule has 0 aliphatic rings. The molecule has 0 atom stereocenters. The summed E-state index contributed by atoms with van der Waals surface area (Å²) < 4.78 is 2.85. The molecule has 0 saturated heterocycles. The summed E-state index contributed by atoms with van der Waals surface area (Å²) >= 11 is 3.52. The van der Waals surface area contributed by atoms with Crippen molar-refractivity contribution in [1.29, 1.82) is 0 Å². The van der Waals surface area contributed by atoms with Crippen molar-refractivity contribution in [3.63, 3.8) is 0 Å². The third-order valence-corrected chi connectivity index (χ3v) is 5.12. The van der Waals surface area contributed by atoms with Gasteiger partial charge in [0.05, 0.1) is 11.1 Å². The minimum Gasteiger partial charge on any atom is -0.350 e. The number of pyridine rings is 1. The Morgan fingerprint density at radius 3 is 2.73 bits per heavy atom. The second-order valence-electron chi connectivity index (χ2n) is 6.85. The number of hydrogen-bond acceptors (Lipinski definition) is 2. The van der Waals surface area contributed by atoms with Crippen molar-refractivity contribution in [2.24, 2.45) is 7.05 Å². The molecule has 3 aromatic rings. The van der Waals surface area contributed by atoms with Gasteiger partial charge < -0.3 is 14.9 Å². The van der Waals surface area contributed by atoms with E-state index in [1.807, 2.05) is 36.7 Å². The lowest BCUT2D eigenvalue weighted by Gasteiger charge is -2.10. The maximum atomic E-state index is 12.9. The molecule has 1 aromatic carbocycles. The Hall–Kier alpha value is -2.34. The number of fused-ring (bicyclic) bond motifs is 1. The van der Waals surface area contributed by atoms with Crippen molar-refractivity contribution >= 4 is 32.7 Å².